The minimum absolute atomic E-state index is 0.0718. The van der Waals surface area contributed by atoms with Gasteiger partial charge in [-0.1, -0.05) is 77.1 Å². The zero-order chi connectivity index (χ0) is 48.1. The fourth-order valence-corrected chi connectivity index (χ4v) is 7.73. The maximum atomic E-state index is 15.3. The first-order chi connectivity index (χ1) is 28.8. The highest BCUT2D eigenvalue weighted by Gasteiger charge is 2.87. The number of fused-ring (bicyclic) bond motifs is 2. The van der Waals surface area contributed by atoms with Crippen molar-refractivity contribution in [3.63, 3.8) is 0 Å². The number of rotatable bonds is 19. The van der Waals surface area contributed by atoms with Crippen LogP contribution in [-0.2, 0) is 63.5 Å². The molecule has 0 aromatic heterocycles. The van der Waals surface area contributed by atoms with Crippen LogP contribution in [0.5, 0.6) is 0 Å². The molecule has 0 radical (unpaired) electrons. The number of carbonyl (C=O) groups is 4. The number of hydrogen-bond donors (Lipinski definition) is 2. The molecular weight excluding hydrogens is 813 g/mol. The quantitative estimate of drug-likeness (QED) is 0.0458. The number of allylic oxidation sites excluding steroid dienone is 1. The Morgan fingerprint density at radius 1 is 0.857 bits per heavy atom. The molecule has 3 rings (SSSR count). The van der Waals surface area contributed by atoms with E-state index in [9.17, 15) is 24.6 Å². The van der Waals surface area contributed by atoms with Crippen LogP contribution in [0.3, 0.4) is 0 Å². The average Bonchev–Trinajstić information content (AvgIpc) is 3.38. The van der Waals surface area contributed by atoms with Gasteiger partial charge in [-0.25, -0.2) is 19.2 Å². The van der Waals surface area contributed by atoms with Crippen molar-refractivity contribution in [2.24, 2.45) is 17.8 Å². The van der Waals surface area contributed by atoms with Gasteiger partial charge in [-0.3, -0.25) is 0 Å². The number of ether oxygens (including phenoxy) is 8. The molecule has 0 aliphatic carbocycles. The lowest BCUT2D eigenvalue weighted by atomic mass is 9.74. The first-order valence-electron chi connectivity index (χ1n) is 22.1. The molecule has 0 saturated carbocycles. The van der Waals surface area contributed by atoms with E-state index in [0.717, 1.165) is 18.4 Å². The summed E-state index contributed by atoms with van der Waals surface area (Å²) in [7, 11) is 1.36. The molecular formula is C49H76O14. The highest BCUT2D eigenvalue weighted by molar-refractivity contribution is 6.00. The predicted octanol–water partition coefficient (Wildman–Crippen LogP) is 7.49. The molecule has 10 atom stereocenters. The van der Waals surface area contributed by atoms with Crippen molar-refractivity contribution in [3.05, 3.63) is 60.2 Å². The zero-order valence-electron chi connectivity index (χ0n) is 40.6. The van der Waals surface area contributed by atoms with E-state index in [1.54, 1.807) is 47.6 Å². The second kappa shape index (κ2) is 20.2. The van der Waals surface area contributed by atoms with Crippen LogP contribution in [0, 0.1) is 17.8 Å². The van der Waals surface area contributed by atoms with Gasteiger partial charge in [-0.15, -0.1) is 0 Å². The minimum atomic E-state index is -3.48. The van der Waals surface area contributed by atoms with E-state index < -0.39 is 87.9 Å². The number of esters is 4. The monoisotopic (exact) mass is 889 g/mol. The van der Waals surface area contributed by atoms with Gasteiger partial charge in [0.05, 0.1) is 6.10 Å². The molecule has 0 spiro atoms. The summed E-state index contributed by atoms with van der Waals surface area (Å²) in [5, 5.41) is 25.0. The molecule has 2 fully saturated rings. The number of aliphatic hydroxyl groups is 2. The van der Waals surface area contributed by atoms with Crippen LogP contribution in [-0.4, -0.2) is 105 Å². The molecule has 0 amide bonds. The molecule has 2 aliphatic heterocycles. The van der Waals surface area contributed by atoms with Gasteiger partial charge in [-0.2, -0.15) is 0 Å². The summed E-state index contributed by atoms with van der Waals surface area (Å²) in [5.41, 5.74) is -9.17. The lowest BCUT2D eigenvalue weighted by molar-refractivity contribution is -0.387. The first kappa shape index (κ1) is 53.7. The number of methoxy groups -OCH3 is 1. The van der Waals surface area contributed by atoms with Crippen molar-refractivity contribution in [3.8, 4) is 0 Å². The molecule has 356 valence electrons. The third-order valence-corrected chi connectivity index (χ3v) is 11.1. The maximum Gasteiger partial charge on any atom is 0.347 e. The predicted molar refractivity (Wildman–Crippen MR) is 236 cm³/mol. The van der Waals surface area contributed by atoms with E-state index >= 15 is 4.79 Å². The standard InChI is InChI=1S/C49H76O14/c1-18-30(2)28-31(3)24-25-35(50)57-38-37(58-46(15,16)56-17)47(27-26-32(4)36(51)33(5)29-34-22-20-19-21-23-34)59-39(40(52)60-43(6,7)8)48(55,41(53)61-44(9,10)11)49(38,63-47)42(54)62-45(12,13)14/h19-25,30-31,33,36-39,51,55H,4,18,26-29H2,1-3,5-17H3/b25-24+/t30?,31?,33?,36?,37-,38-,39-,47-,48-,49-/m1/s1. The van der Waals surface area contributed by atoms with E-state index in [1.807, 2.05) is 44.2 Å². The van der Waals surface area contributed by atoms with Crippen LogP contribution in [0.2, 0.25) is 0 Å². The molecule has 2 N–H and O–H groups in total. The van der Waals surface area contributed by atoms with E-state index in [4.69, 9.17) is 37.9 Å². The number of benzene rings is 1. The van der Waals surface area contributed by atoms with Crippen LogP contribution in [0.1, 0.15) is 135 Å². The molecule has 14 nitrogen and oxygen atoms in total. The Labute approximate surface area is 375 Å². The minimum Gasteiger partial charge on any atom is -0.458 e. The van der Waals surface area contributed by atoms with Crippen molar-refractivity contribution in [2.45, 2.75) is 200 Å². The Morgan fingerprint density at radius 3 is 1.94 bits per heavy atom. The van der Waals surface area contributed by atoms with E-state index in [2.05, 4.69) is 20.4 Å². The van der Waals surface area contributed by atoms with Crippen molar-refractivity contribution < 1.29 is 67.3 Å². The average molecular weight is 889 g/mol. The second-order valence-electron chi connectivity index (χ2n) is 20.8. The Balaban J connectivity index is 2.44. The molecule has 2 bridgehead atoms. The molecule has 1 aromatic rings. The first-order valence-corrected chi connectivity index (χ1v) is 22.1. The Morgan fingerprint density at radius 2 is 1.41 bits per heavy atom. The summed E-state index contributed by atoms with van der Waals surface area (Å²) in [4.78, 5) is 59.0. The topological polar surface area (TPSA) is 183 Å². The summed E-state index contributed by atoms with van der Waals surface area (Å²) >= 11 is 0. The fourth-order valence-electron chi connectivity index (χ4n) is 7.73. The van der Waals surface area contributed by atoms with E-state index in [0.29, 0.717) is 17.9 Å². The molecule has 4 unspecified atom stereocenters. The number of aliphatic hydroxyl groups excluding tert-OH is 1. The Hall–Kier alpha value is -3.66. The normalized spacial score (nSPS) is 27.2. The van der Waals surface area contributed by atoms with Crippen LogP contribution in [0.25, 0.3) is 0 Å². The summed E-state index contributed by atoms with van der Waals surface area (Å²) in [6.07, 6.45) is -2.71. The van der Waals surface area contributed by atoms with Crippen molar-refractivity contribution in [1.82, 2.24) is 0 Å². The maximum absolute atomic E-state index is 15.3. The fraction of sp³-hybridized carbons (Fsp3) is 0.714. The SMILES string of the molecule is C=C(CC[C@@]12O[C@H](C(=O)OC(C)(C)C)[C@@](O)(C(=O)OC(C)(C)C)[C@@](C(=O)OC(C)(C)C)(O1)[C@H](OC(=O)/C=C/C(C)CC(C)CC)[C@H]2OC(C)(C)OC)C(O)C(C)Cc1ccccc1. The molecule has 63 heavy (non-hydrogen) atoms. The van der Waals surface area contributed by atoms with Gasteiger partial charge in [-0.05, 0) is 124 Å². The molecule has 1 aromatic carbocycles. The van der Waals surface area contributed by atoms with Gasteiger partial charge in [0, 0.05) is 19.6 Å². The van der Waals surface area contributed by atoms with Gasteiger partial charge in [0.15, 0.2) is 18.0 Å². The third-order valence-electron chi connectivity index (χ3n) is 11.1. The molecule has 2 aliphatic rings. The zero-order valence-corrected chi connectivity index (χ0v) is 40.6. The highest BCUT2D eigenvalue weighted by atomic mass is 16.8. The Kier molecular flexibility index (Phi) is 17.2. The van der Waals surface area contributed by atoms with Gasteiger partial charge in [0.1, 0.15) is 16.8 Å². The van der Waals surface area contributed by atoms with Gasteiger partial charge >= 0.3 is 23.9 Å². The van der Waals surface area contributed by atoms with Crippen molar-refractivity contribution in [1.29, 1.82) is 0 Å². The van der Waals surface area contributed by atoms with Gasteiger partial charge in [0.2, 0.25) is 17.5 Å². The largest absolute Gasteiger partial charge is 0.458 e. The van der Waals surface area contributed by atoms with Gasteiger partial charge in [0.25, 0.3) is 5.60 Å². The second-order valence-corrected chi connectivity index (χ2v) is 20.8. The smallest absolute Gasteiger partial charge is 0.347 e. The van der Waals surface area contributed by atoms with Gasteiger partial charge < -0.3 is 48.1 Å². The molecule has 14 heteroatoms. The molecule has 2 heterocycles. The van der Waals surface area contributed by atoms with Crippen molar-refractivity contribution >= 4 is 23.9 Å². The van der Waals surface area contributed by atoms with Crippen LogP contribution in [0.15, 0.2) is 54.6 Å². The van der Waals surface area contributed by atoms with Crippen LogP contribution in [0.4, 0.5) is 0 Å². The van der Waals surface area contributed by atoms with Crippen LogP contribution < -0.4 is 0 Å². The summed E-state index contributed by atoms with van der Waals surface area (Å²) < 4.78 is 49.5. The molecule has 2 saturated heterocycles. The number of carbonyl (C=O) groups excluding carboxylic acids is 4. The Bertz CT molecular complexity index is 1780. The summed E-state index contributed by atoms with van der Waals surface area (Å²) in [5.74, 6) is -9.15. The van der Waals surface area contributed by atoms with Crippen molar-refractivity contribution in [2.75, 3.05) is 7.11 Å². The van der Waals surface area contributed by atoms with Crippen LogP contribution >= 0.6 is 0 Å². The highest BCUT2D eigenvalue weighted by Crippen LogP contribution is 2.58. The lowest BCUT2D eigenvalue weighted by Crippen LogP contribution is -2.79. The number of hydrogen-bond acceptors (Lipinski definition) is 14. The summed E-state index contributed by atoms with van der Waals surface area (Å²) in [6.45, 7) is 29.2. The third kappa shape index (κ3) is 13.2. The lowest BCUT2D eigenvalue weighted by Gasteiger charge is -2.51. The van der Waals surface area contributed by atoms with E-state index in [-0.39, 0.29) is 24.7 Å². The van der Waals surface area contributed by atoms with E-state index in [1.165, 1.54) is 47.8 Å². The summed E-state index contributed by atoms with van der Waals surface area (Å²) in [6, 6.07) is 9.62.